The zero-order valence-electron chi connectivity index (χ0n) is 38.6. The van der Waals surface area contributed by atoms with Crippen LogP contribution in [0.25, 0.3) is 0 Å². The molecule has 0 atom stereocenters. The van der Waals surface area contributed by atoms with Gasteiger partial charge in [0.15, 0.2) is 0 Å². The molecule has 0 fully saturated rings. The van der Waals surface area contributed by atoms with Gasteiger partial charge in [-0.25, -0.2) is 0 Å². The molecule has 0 aromatic rings. The van der Waals surface area contributed by atoms with E-state index < -0.39 is 395 Å². The molecule has 0 N–H and O–H groups in total. The van der Waals surface area contributed by atoms with Gasteiger partial charge in [-0.1, -0.05) is 0 Å². The maximum absolute atomic E-state index is 3.48. The van der Waals surface area contributed by atoms with Crippen molar-refractivity contribution in [2.45, 2.75) is 0 Å². The Balaban J connectivity index is 5.91. The third-order valence-electron chi connectivity index (χ3n) is 4.00. The van der Waals surface area contributed by atoms with Gasteiger partial charge in [-0.3, -0.25) is 0 Å². The van der Waals surface area contributed by atoms with Crippen LogP contribution in [0, 0.1) is 0 Å². The summed E-state index contributed by atoms with van der Waals surface area (Å²) in [6, 6.07) is 0. The fourth-order valence-electron chi connectivity index (χ4n) is 1.48. The molecule has 102 heteroatoms. The molecule has 0 aliphatic rings. The first-order valence-electron chi connectivity index (χ1n) is 14.4. The van der Waals surface area contributed by atoms with Crippen molar-refractivity contribution in [2.24, 2.45) is 0 Å². The first-order valence-corrected chi connectivity index (χ1v) is 649. The summed E-state index contributed by atoms with van der Waals surface area (Å²) in [6.07, 6.45) is 0. The van der Waals surface area contributed by atoms with E-state index in [0.717, 1.165) is 0 Å². The Kier molecular flexibility index (Phi) is 183. The van der Waals surface area contributed by atoms with E-state index in [2.05, 4.69) is 968 Å². The van der Waals surface area contributed by atoms with Crippen LogP contribution in [0.4, 0.5) is 0 Å². The van der Waals surface area contributed by atoms with Crippen molar-refractivity contribution in [1.29, 1.82) is 0 Å². The number of halogens is 102. The molecule has 0 rings (SSSR count). The Morgan fingerprint density at radius 2 is 0.0784 bits per heavy atom. The van der Waals surface area contributed by atoms with E-state index in [1.165, 1.54) is 0 Å². The molecule has 0 unspecified atom stereocenters. The van der Waals surface area contributed by atoms with Crippen LogP contribution in [0.1, 0.15) is 0 Å². The molecule has 0 bridgehead atoms. The third kappa shape index (κ3) is 71.8. The molecular formula is I102. The van der Waals surface area contributed by atoms with E-state index in [1.54, 1.807) is 0 Å². The van der Waals surface area contributed by atoms with Crippen LogP contribution in [0.3, 0.4) is 0 Å². The zero-order valence-corrected chi connectivity index (χ0v) is 259. The van der Waals surface area contributed by atoms with Crippen LogP contribution in [-0.4, -0.2) is 0 Å². The monoisotopic (exact) mass is 12900 g/mol. The van der Waals surface area contributed by atoms with Gasteiger partial charge in [-0.2, -0.15) is 0 Å². The molecule has 102 heavy (non-hydrogen) atoms. The van der Waals surface area contributed by atoms with Crippen molar-refractivity contribution in [3.63, 3.8) is 0 Å². The Bertz CT molecular complexity index is 2010. The van der Waals surface area contributed by atoms with E-state index in [1.807, 2.05) is 0 Å². The molecule has 0 saturated carbocycles. The summed E-state index contributed by atoms with van der Waals surface area (Å²) in [4.78, 5) is 0. The van der Waals surface area contributed by atoms with Gasteiger partial charge >= 0.3 is 1360 Å². The van der Waals surface area contributed by atoms with Crippen LogP contribution in [0.5, 0.6) is 0 Å². The summed E-state index contributed by atoms with van der Waals surface area (Å²) >= 11 is 176. The average molecular weight is 12900 g/mol. The van der Waals surface area contributed by atoms with Crippen LogP contribution in [0.2, 0.25) is 0 Å². The molecule has 714 valence electrons. The van der Waals surface area contributed by atoms with Gasteiger partial charge in [-0.15, -0.1) is 0 Å². The summed E-state index contributed by atoms with van der Waals surface area (Å²) in [5.74, 6) is 0. The number of hydrogen-bond acceptors (Lipinski definition) is 0. The average Bonchev–Trinajstić information content (AvgIpc) is 0.829. The topological polar surface area (TPSA) is 0 Å². The maximum atomic E-state index is 3.48. The molecule has 0 amide bonds. The Hall–Kier alpha value is 74.5. The van der Waals surface area contributed by atoms with Gasteiger partial charge in [0.25, 0.3) is 0 Å². The second-order valence-electron chi connectivity index (χ2n) is 8.10. The van der Waals surface area contributed by atoms with Gasteiger partial charge in [0, 0.05) is 0 Å². The summed E-state index contributed by atoms with van der Waals surface area (Å²) in [6.45, 7) is 0. The summed E-state index contributed by atoms with van der Waals surface area (Å²) in [7, 11) is -30.8. The molecule has 0 nitrogen and oxygen atoms in total. The van der Waals surface area contributed by atoms with Crippen LogP contribution >= 0.6 is 1360 Å². The zero-order chi connectivity index (χ0) is 80.9. The molecule has 0 aromatic carbocycles. The summed E-state index contributed by atoms with van der Waals surface area (Å²) < 4.78 is 0. The Morgan fingerprint density at radius 1 is 0.0490 bits per heavy atom. The number of rotatable bonds is 49. The minimum atomic E-state index is -0.662. The first kappa shape index (κ1) is 176. The van der Waals surface area contributed by atoms with Crippen molar-refractivity contribution in [3.8, 4) is 0 Å². The van der Waals surface area contributed by atoms with Gasteiger partial charge in [0.05, 0.1) is 0 Å². The van der Waals surface area contributed by atoms with E-state index in [9.17, 15) is 0 Å². The van der Waals surface area contributed by atoms with Crippen molar-refractivity contribution in [3.05, 3.63) is 0 Å². The predicted octanol–water partition coefficient (Wildman–Crippen LogP) is 90.3. The van der Waals surface area contributed by atoms with Crippen LogP contribution < -0.4 is 0 Å². The van der Waals surface area contributed by atoms with Crippen LogP contribution in [0.15, 0.2) is 0 Å². The van der Waals surface area contributed by atoms with E-state index >= 15 is 0 Å². The standard InChI is InChI=1S/I102/c1-53(2)55(5)57(7)59(9)61(11)63(13)65(15)67(17)69(19)71(21)73(23)75(25)77(27)79(29)81(31)83(33)85(35)87(37)89(39)91(41)93(43)95(45)97(47)99(49)101(51)102(52)100(50)98(48)96(46)94(44)92(42)90(40)88(38)86(36)84(34)82(32)80(30)78(28)76(26)74(24)72(22)70(20)68(18)66(16)64(14)62(12)60(10)58(8)56(6)54(3)4. The predicted molar refractivity (Wildman–Crippen MR) is 1430 cm³/mol. The van der Waals surface area contributed by atoms with Crippen molar-refractivity contribution in [1.82, 2.24) is 0 Å². The van der Waals surface area contributed by atoms with E-state index in [0.29, 0.717) is 0 Å². The molecule has 0 saturated heterocycles. The SMILES string of the molecule is II(I)I(I)I(I)I(I)I(I)I(I)I(I)I(I)I(I)I(I)I(I)I(I)I(I)I(I)I(I)I(I)I(I)I(I)I(I)I(I)I(I)I(I)I(I)I(I)I(I)I(I)I(I)I(I)I(I)I(I)I(I)I(I)I(I)I(I)I(I)I(I)I(I)I(I)I(I)I(I)I(I)I(I)I(I)I(I)I(I)I(I)I(I)I(I)I(I)I(I)I. The first-order chi connectivity index (χ1) is 46.4. The van der Waals surface area contributed by atoms with Crippen molar-refractivity contribution >= 4 is 1360 Å². The minimum absolute atomic E-state index is 0.491. The summed E-state index contributed by atoms with van der Waals surface area (Å²) in [5, 5.41) is 0. The van der Waals surface area contributed by atoms with E-state index in [4.69, 9.17) is 0 Å². The van der Waals surface area contributed by atoms with E-state index in [-0.39, 0.29) is 0 Å². The van der Waals surface area contributed by atoms with Gasteiger partial charge in [-0.05, 0) is 0 Å². The molecule has 0 spiro atoms. The quantitative estimate of drug-likeness (QED) is 0.0533. The second-order valence-corrected chi connectivity index (χ2v) is 2440. The van der Waals surface area contributed by atoms with Crippen molar-refractivity contribution in [2.75, 3.05) is 0 Å². The Morgan fingerprint density at radius 3 is 0.108 bits per heavy atom. The normalized spacial score (nSPS) is 19.2. The Labute approximate surface area is 1280 Å². The van der Waals surface area contributed by atoms with Crippen molar-refractivity contribution < 1.29 is 0 Å². The second kappa shape index (κ2) is 106. The number of hydrogen-bond donors (Lipinski definition) is 0. The van der Waals surface area contributed by atoms with Gasteiger partial charge in [0.1, 0.15) is 0 Å². The molecule has 0 heterocycles. The van der Waals surface area contributed by atoms with Gasteiger partial charge in [0.2, 0.25) is 0 Å². The fourth-order valence-corrected chi connectivity index (χ4v) is 20100. The molecule has 0 aliphatic carbocycles. The molecule has 0 aliphatic heterocycles. The third-order valence-corrected chi connectivity index (χ3v) is 8100. The molecular weight excluding hydrogens is 12900 g/mol. The van der Waals surface area contributed by atoms with Crippen LogP contribution in [-0.2, 0) is 0 Å². The molecule has 0 aromatic heterocycles. The van der Waals surface area contributed by atoms with Gasteiger partial charge < -0.3 is 0 Å². The fraction of sp³-hybridized carbons (Fsp3) is 0. The molecule has 0 radical (unpaired) electrons. The summed E-state index contributed by atoms with van der Waals surface area (Å²) in [5.41, 5.74) is 0.